The SMILES string of the molecule is Cn1c(=O)c2cccn2c2nc(OCCCC(=O)O)ccc21. The smallest absolute Gasteiger partial charge is 0.303 e. The lowest BCUT2D eigenvalue weighted by atomic mass is 10.3. The Morgan fingerprint density at radius 3 is 2.91 bits per heavy atom. The van der Waals surface area contributed by atoms with Crippen LogP contribution < -0.4 is 10.3 Å². The molecular weight excluding hydrogens is 286 g/mol. The Bertz CT molecular complexity index is 910. The number of rotatable bonds is 5. The molecule has 0 saturated heterocycles. The zero-order valence-electron chi connectivity index (χ0n) is 12.0. The normalized spacial score (nSPS) is 11.1. The number of aryl methyl sites for hydroxylation is 1. The summed E-state index contributed by atoms with van der Waals surface area (Å²) in [5.41, 5.74) is 1.78. The minimum atomic E-state index is -0.848. The molecule has 3 heterocycles. The molecule has 7 nitrogen and oxygen atoms in total. The standard InChI is InChI=1S/C15H15N3O4/c1-17-10-6-7-12(22-9-3-5-13(19)20)16-14(10)18-8-2-4-11(18)15(17)21/h2,4,6-8H,3,5,9H2,1H3,(H,19,20). The number of hydrogen-bond acceptors (Lipinski definition) is 4. The van der Waals surface area contributed by atoms with Crippen LogP contribution in [0.4, 0.5) is 0 Å². The molecule has 0 amide bonds. The molecule has 0 aromatic carbocycles. The summed E-state index contributed by atoms with van der Waals surface area (Å²) in [7, 11) is 1.70. The molecule has 0 aliphatic rings. The summed E-state index contributed by atoms with van der Waals surface area (Å²) in [6.07, 6.45) is 2.26. The second-order valence-electron chi connectivity index (χ2n) is 4.97. The first-order valence-corrected chi connectivity index (χ1v) is 6.89. The van der Waals surface area contributed by atoms with Gasteiger partial charge in [-0.25, -0.2) is 0 Å². The van der Waals surface area contributed by atoms with Gasteiger partial charge in [0.05, 0.1) is 12.1 Å². The van der Waals surface area contributed by atoms with E-state index in [0.717, 1.165) is 0 Å². The van der Waals surface area contributed by atoms with Gasteiger partial charge >= 0.3 is 5.97 Å². The highest BCUT2D eigenvalue weighted by Crippen LogP contribution is 2.17. The molecule has 7 heteroatoms. The fraction of sp³-hybridized carbons (Fsp3) is 0.267. The molecule has 1 N–H and O–H groups in total. The molecule has 0 spiro atoms. The molecule has 3 aromatic heterocycles. The van der Waals surface area contributed by atoms with Gasteiger partial charge < -0.3 is 14.4 Å². The van der Waals surface area contributed by atoms with E-state index in [2.05, 4.69) is 4.98 Å². The number of carbonyl (C=O) groups is 1. The fourth-order valence-corrected chi connectivity index (χ4v) is 2.36. The van der Waals surface area contributed by atoms with Crippen molar-refractivity contribution in [2.24, 2.45) is 7.05 Å². The van der Waals surface area contributed by atoms with Crippen LogP contribution in [0.5, 0.6) is 5.88 Å². The number of aliphatic carboxylic acids is 1. The van der Waals surface area contributed by atoms with Gasteiger partial charge in [0.1, 0.15) is 5.52 Å². The third-order valence-electron chi connectivity index (χ3n) is 3.48. The second kappa shape index (κ2) is 5.51. The van der Waals surface area contributed by atoms with Crippen molar-refractivity contribution in [2.75, 3.05) is 6.61 Å². The lowest BCUT2D eigenvalue weighted by Gasteiger charge is -2.10. The average Bonchev–Trinajstić information content (AvgIpc) is 2.99. The van der Waals surface area contributed by atoms with Gasteiger partial charge in [-0.3, -0.25) is 14.0 Å². The Kier molecular flexibility index (Phi) is 3.54. The molecule has 0 bridgehead atoms. The summed E-state index contributed by atoms with van der Waals surface area (Å²) in [6, 6.07) is 6.98. The number of nitrogens with zero attached hydrogens (tertiary/aromatic N) is 3. The van der Waals surface area contributed by atoms with Crippen LogP contribution in [-0.2, 0) is 11.8 Å². The van der Waals surface area contributed by atoms with Gasteiger partial charge in [-0.2, -0.15) is 4.98 Å². The molecule has 0 fully saturated rings. The van der Waals surface area contributed by atoms with Crippen molar-refractivity contribution < 1.29 is 14.6 Å². The third-order valence-corrected chi connectivity index (χ3v) is 3.48. The zero-order valence-corrected chi connectivity index (χ0v) is 12.0. The minimum absolute atomic E-state index is 0.0595. The Balaban J connectivity index is 1.97. The van der Waals surface area contributed by atoms with Crippen molar-refractivity contribution in [3.8, 4) is 5.88 Å². The van der Waals surface area contributed by atoms with E-state index in [1.165, 1.54) is 0 Å². The number of hydrogen-bond donors (Lipinski definition) is 1. The number of carboxylic acid groups (broad SMARTS) is 1. The number of fused-ring (bicyclic) bond motifs is 3. The van der Waals surface area contributed by atoms with Crippen LogP contribution >= 0.6 is 0 Å². The van der Waals surface area contributed by atoms with Gasteiger partial charge in [0.2, 0.25) is 5.88 Å². The van der Waals surface area contributed by atoms with Crippen LogP contribution in [-0.4, -0.2) is 31.6 Å². The molecule has 0 aliphatic heterocycles. The lowest BCUT2D eigenvalue weighted by Crippen LogP contribution is -2.20. The Morgan fingerprint density at radius 2 is 2.14 bits per heavy atom. The van der Waals surface area contributed by atoms with Crippen molar-refractivity contribution in [2.45, 2.75) is 12.8 Å². The monoisotopic (exact) mass is 301 g/mol. The van der Waals surface area contributed by atoms with E-state index in [1.807, 2.05) is 0 Å². The first-order chi connectivity index (χ1) is 10.6. The first kappa shape index (κ1) is 14.1. The molecule has 0 radical (unpaired) electrons. The fourth-order valence-electron chi connectivity index (χ4n) is 2.36. The zero-order chi connectivity index (χ0) is 15.7. The third kappa shape index (κ3) is 2.41. The van der Waals surface area contributed by atoms with E-state index in [0.29, 0.717) is 29.0 Å². The predicted molar refractivity (Wildman–Crippen MR) is 80.3 cm³/mol. The quantitative estimate of drug-likeness (QED) is 0.720. The number of pyridine rings is 1. The summed E-state index contributed by atoms with van der Waals surface area (Å²) >= 11 is 0. The second-order valence-corrected chi connectivity index (χ2v) is 4.97. The predicted octanol–water partition coefficient (Wildman–Crippen LogP) is 1.43. The molecule has 3 aromatic rings. The highest BCUT2D eigenvalue weighted by molar-refractivity contribution is 5.75. The molecule has 0 saturated carbocycles. The first-order valence-electron chi connectivity index (χ1n) is 6.89. The van der Waals surface area contributed by atoms with E-state index < -0.39 is 5.97 Å². The van der Waals surface area contributed by atoms with Gasteiger partial charge in [-0.15, -0.1) is 0 Å². The van der Waals surface area contributed by atoms with Crippen molar-refractivity contribution >= 4 is 22.6 Å². The van der Waals surface area contributed by atoms with Crippen LogP contribution in [0.15, 0.2) is 35.3 Å². The van der Waals surface area contributed by atoms with Gasteiger partial charge in [-0.1, -0.05) is 0 Å². The molecule has 0 unspecified atom stereocenters. The Labute approximate surface area is 125 Å². The highest BCUT2D eigenvalue weighted by Gasteiger charge is 2.10. The van der Waals surface area contributed by atoms with E-state index in [1.54, 1.807) is 46.5 Å². The van der Waals surface area contributed by atoms with Crippen molar-refractivity contribution in [3.05, 3.63) is 40.8 Å². The van der Waals surface area contributed by atoms with Crippen molar-refractivity contribution in [1.29, 1.82) is 0 Å². The van der Waals surface area contributed by atoms with Crippen LogP contribution in [0.3, 0.4) is 0 Å². The largest absolute Gasteiger partial charge is 0.481 e. The van der Waals surface area contributed by atoms with Gasteiger partial charge in [-0.05, 0) is 24.6 Å². The van der Waals surface area contributed by atoms with Crippen LogP contribution in [0.1, 0.15) is 12.8 Å². The van der Waals surface area contributed by atoms with Crippen LogP contribution in [0, 0.1) is 0 Å². The summed E-state index contributed by atoms with van der Waals surface area (Å²) in [4.78, 5) is 27.1. The Morgan fingerprint density at radius 1 is 1.32 bits per heavy atom. The molecule has 22 heavy (non-hydrogen) atoms. The van der Waals surface area contributed by atoms with Gasteiger partial charge in [0.25, 0.3) is 5.56 Å². The van der Waals surface area contributed by atoms with E-state index in [9.17, 15) is 9.59 Å². The average molecular weight is 301 g/mol. The highest BCUT2D eigenvalue weighted by atomic mass is 16.5. The number of ether oxygens (including phenoxy) is 1. The van der Waals surface area contributed by atoms with Crippen molar-refractivity contribution in [3.63, 3.8) is 0 Å². The van der Waals surface area contributed by atoms with E-state index in [-0.39, 0.29) is 18.6 Å². The minimum Gasteiger partial charge on any atom is -0.481 e. The maximum absolute atomic E-state index is 12.2. The maximum Gasteiger partial charge on any atom is 0.303 e. The molecule has 3 rings (SSSR count). The summed E-state index contributed by atoms with van der Waals surface area (Å²) in [6.45, 7) is 0.283. The summed E-state index contributed by atoms with van der Waals surface area (Å²) in [5, 5.41) is 8.60. The van der Waals surface area contributed by atoms with Crippen LogP contribution in [0.2, 0.25) is 0 Å². The Hall–Kier alpha value is -2.83. The lowest BCUT2D eigenvalue weighted by molar-refractivity contribution is -0.137. The van der Waals surface area contributed by atoms with Crippen LogP contribution in [0.25, 0.3) is 16.7 Å². The molecule has 114 valence electrons. The molecular formula is C15H15N3O4. The molecule has 0 atom stereocenters. The van der Waals surface area contributed by atoms with Gasteiger partial charge in [0, 0.05) is 25.7 Å². The van der Waals surface area contributed by atoms with Gasteiger partial charge in [0.15, 0.2) is 5.65 Å². The molecule has 0 aliphatic carbocycles. The van der Waals surface area contributed by atoms with E-state index in [4.69, 9.17) is 9.84 Å². The summed E-state index contributed by atoms with van der Waals surface area (Å²) in [5.74, 6) is -0.439. The van der Waals surface area contributed by atoms with Crippen molar-refractivity contribution in [1.82, 2.24) is 14.0 Å². The topological polar surface area (TPSA) is 85.8 Å². The number of aromatic nitrogens is 3. The number of carboxylic acids is 1. The summed E-state index contributed by atoms with van der Waals surface area (Å²) < 4.78 is 8.76. The maximum atomic E-state index is 12.2. The van der Waals surface area contributed by atoms with E-state index >= 15 is 0 Å².